The SMILES string of the molecule is COc1cccc2c1ccc1nc3ccc(N)c(C(=O)NCCN(C)C)c3nc12. The number of anilines is 1. The van der Waals surface area contributed by atoms with Crippen molar-refractivity contribution in [2.75, 3.05) is 40.0 Å². The van der Waals surface area contributed by atoms with Gasteiger partial charge in [0, 0.05) is 29.5 Å². The third-order valence-electron chi connectivity index (χ3n) is 4.92. The summed E-state index contributed by atoms with van der Waals surface area (Å²) in [5.41, 5.74) is 9.49. The molecule has 29 heavy (non-hydrogen) atoms. The van der Waals surface area contributed by atoms with Crippen molar-refractivity contribution < 1.29 is 9.53 Å². The molecule has 0 fully saturated rings. The second kappa shape index (κ2) is 7.52. The molecule has 148 valence electrons. The first-order valence-corrected chi connectivity index (χ1v) is 9.38. The molecule has 3 N–H and O–H groups in total. The van der Waals surface area contributed by atoms with Crippen LogP contribution in [0.5, 0.6) is 5.75 Å². The van der Waals surface area contributed by atoms with Gasteiger partial charge in [0.25, 0.3) is 5.91 Å². The van der Waals surface area contributed by atoms with Gasteiger partial charge in [-0.05, 0) is 44.4 Å². The van der Waals surface area contributed by atoms with Crippen LogP contribution < -0.4 is 15.8 Å². The van der Waals surface area contributed by atoms with Crippen molar-refractivity contribution >= 4 is 44.4 Å². The molecule has 4 rings (SSSR count). The Bertz CT molecular complexity index is 1240. The summed E-state index contributed by atoms with van der Waals surface area (Å²) in [7, 11) is 5.55. The van der Waals surface area contributed by atoms with Crippen molar-refractivity contribution in [3.05, 3.63) is 48.0 Å². The third-order valence-corrected chi connectivity index (χ3v) is 4.92. The molecule has 1 amide bonds. The summed E-state index contributed by atoms with van der Waals surface area (Å²) < 4.78 is 5.47. The number of hydrogen-bond acceptors (Lipinski definition) is 6. The number of fused-ring (bicyclic) bond motifs is 4. The second-order valence-electron chi connectivity index (χ2n) is 7.17. The molecule has 7 heteroatoms. The van der Waals surface area contributed by atoms with Gasteiger partial charge in [0.05, 0.1) is 29.2 Å². The van der Waals surface area contributed by atoms with E-state index in [0.717, 1.165) is 28.6 Å². The molecule has 3 aromatic carbocycles. The van der Waals surface area contributed by atoms with E-state index in [1.807, 2.05) is 49.3 Å². The minimum absolute atomic E-state index is 0.249. The van der Waals surface area contributed by atoms with Gasteiger partial charge in [0.1, 0.15) is 11.3 Å². The van der Waals surface area contributed by atoms with E-state index in [-0.39, 0.29) is 5.91 Å². The minimum Gasteiger partial charge on any atom is -0.496 e. The zero-order valence-corrected chi connectivity index (χ0v) is 16.7. The lowest BCUT2D eigenvalue weighted by Gasteiger charge is -2.13. The first-order valence-electron chi connectivity index (χ1n) is 9.38. The number of carbonyl (C=O) groups excluding carboxylic acids is 1. The zero-order chi connectivity index (χ0) is 20.5. The Morgan fingerprint density at radius 1 is 1.03 bits per heavy atom. The number of nitrogens with zero attached hydrogens (tertiary/aromatic N) is 3. The summed E-state index contributed by atoms with van der Waals surface area (Å²) in [4.78, 5) is 24.4. The van der Waals surface area contributed by atoms with Gasteiger partial charge in [0.15, 0.2) is 0 Å². The molecule has 1 aromatic heterocycles. The standard InChI is InChI=1S/C22H23N5O2/c1-27(2)12-11-24-22(28)19-15(23)8-10-17-21(19)26-20-14-5-4-6-18(29-3)13(14)7-9-16(20)25-17/h4-10H,11-12,23H2,1-3H3,(H,24,28). The van der Waals surface area contributed by atoms with E-state index in [1.165, 1.54) is 0 Å². The van der Waals surface area contributed by atoms with Gasteiger partial charge in [-0.25, -0.2) is 9.97 Å². The number of aromatic nitrogens is 2. The first kappa shape index (κ1) is 18.9. The van der Waals surface area contributed by atoms with Crippen LogP contribution in [-0.4, -0.2) is 55.1 Å². The van der Waals surface area contributed by atoms with Crippen LogP contribution >= 0.6 is 0 Å². The van der Waals surface area contributed by atoms with Crippen molar-refractivity contribution in [1.29, 1.82) is 0 Å². The summed E-state index contributed by atoms with van der Waals surface area (Å²) in [6, 6.07) is 13.2. The molecule has 0 atom stereocenters. The first-order chi connectivity index (χ1) is 14.0. The number of methoxy groups -OCH3 is 1. The number of benzene rings is 3. The van der Waals surface area contributed by atoms with Gasteiger partial charge in [-0.15, -0.1) is 0 Å². The molecule has 0 spiro atoms. The lowest BCUT2D eigenvalue weighted by molar-refractivity contribution is 0.0953. The molecule has 0 aliphatic rings. The van der Waals surface area contributed by atoms with Crippen LogP contribution in [0.25, 0.3) is 32.8 Å². The van der Waals surface area contributed by atoms with E-state index >= 15 is 0 Å². The topological polar surface area (TPSA) is 93.4 Å². The van der Waals surface area contributed by atoms with Crippen molar-refractivity contribution in [1.82, 2.24) is 20.2 Å². The average molecular weight is 389 g/mol. The largest absolute Gasteiger partial charge is 0.496 e. The maximum atomic E-state index is 12.9. The number of likely N-dealkylation sites (N-methyl/N-ethyl adjacent to an activating group) is 1. The molecule has 1 heterocycles. The number of hydrogen-bond donors (Lipinski definition) is 2. The maximum absolute atomic E-state index is 12.9. The summed E-state index contributed by atoms with van der Waals surface area (Å²) in [5.74, 6) is 0.516. The molecule has 0 radical (unpaired) electrons. The molecular weight excluding hydrogens is 366 g/mol. The Kier molecular flexibility index (Phi) is 4.90. The number of carbonyl (C=O) groups is 1. The fourth-order valence-corrected chi connectivity index (χ4v) is 3.45. The lowest BCUT2D eigenvalue weighted by atomic mass is 10.1. The highest BCUT2D eigenvalue weighted by Gasteiger charge is 2.17. The molecule has 4 aromatic rings. The van der Waals surface area contributed by atoms with E-state index < -0.39 is 0 Å². The van der Waals surface area contributed by atoms with Gasteiger partial charge in [-0.1, -0.05) is 12.1 Å². The Labute approximate surface area is 168 Å². The van der Waals surface area contributed by atoms with E-state index in [1.54, 1.807) is 19.2 Å². The number of nitrogen functional groups attached to an aromatic ring is 1. The van der Waals surface area contributed by atoms with Crippen LogP contribution in [0.3, 0.4) is 0 Å². The number of ether oxygens (including phenoxy) is 1. The molecule has 0 aliphatic heterocycles. The highest BCUT2D eigenvalue weighted by Crippen LogP contribution is 2.32. The number of nitrogens with two attached hydrogens (primary N) is 1. The minimum atomic E-state index is -0.249. The molecule has 0 saturated heterocycles. The monoisotopic (exact) mass is 389 g/mol. The summed E-state index contributed by atoms with van der Waals surface area (Å²) in [5, 5.41) is 4.77. The van der Waals surface area contributed by atoms with Crippen LogP contribution in [0.4, 0.5) is 5.69 Å². The Morgan fingerprint density at radius 2 is 1.79 bits per heavy atom. The molecule has 0 aliphatic carbocycles. The fraction of sp³-hybridized carbons (Fsp3) is 0.227. The maximum Gasteiger partial charge on any atom is 0.255 e. The van der Waals surface area contributed by atoms with E-state index in [2.05, 4.69) is 5.32 Å². The van der Waals surface area contributed by atoms with Crippen LogP contribution in [0.15, 0.2) is 42.5 Å². The van der Waals surface area contributed by atoms with Gasteiger partial charge >= 0.3 is 0 Å². The summed E-state index contributed by atoms with van der Waals surface area (Å²) in [6.45, 7) is 1.25. The average Bonchev–Trinajstić information content (AvgIpc) is 2.71. The molecular formula is C22H23N5O2. The second-order valence-corrected chi connectivity index (χ2v) is 7.17. The molecule has 0 unspecified atom stereocenters. The normalized spacial score (nSPS) is 11.4. The quantitative estimate of drug-likeness (QED) is 0.310. The molecule has 0 saturated carbocycles. The predicted octanol–water partition coefficient (Wildman–Crippen LogP) is 2.82. The van der Waals surface area contributed by atoms with E-state index in [0.29, 0.717) is 34.3 Å². The molecule has 0 bridgehead atoms. The van der Waals surface area contributed by atoms with E-state index in [4.69, 9.17) is 20.4 Å². The Balaban J connectivity index is 1.92. The van der Waals surface area contributed by atoms with Gasteiger partial charge in [-0.3, -0.25) is 4.79 Å². The Hall–Kier alpha value is -3.45. The summed E-state index contributed by atoms with van der Waals surface area (Å²) >= 11 is 0. The number of rotatable bonds is 5. The molecule has 7 nitrogen and oxygen atoms in total. The lowest BCUT2D eigenvalue weighted by Crippen LogP contribution is -2.32. The van der Waals surface area contributed by atoms with Crippen LogP contribution in [-0.2, 0) is 0 Å². The predicted molar refractivity (Wildman–Crippen MR) is 116 cm³/mol. The van der Waals surface area contributed by atoms with Gasteiger partial charge in [-0.2, -0.15) is 0 Å². The highest BCUT2D eigenvalue weighted by molar-refractivity contribution is 6.13. The summed E-state index contributed by atoms with van der Waals surface area (Å²) in [6.07, 6.45) is 0. The fourth-order valence-electron chi connectivity index (χ4n) is 3.45. The van der Waals surface area contributed by atoms with Crippen LogP contribution in [0.2, 0.25) is 0 Å². The van der Waals surface area contributed by atoms with Gasteiger partial charge in [0.2, 0.25) is 0 Å². The third kappa shape index (κ3) is 3.40. The van der Waals surface area contributed by atoms with Crippen molar-refractivity contribution in [3.8, 4) is 5.75 Å². The van der Waals surface area contributed by atoms with Gasteiger partial charge < -0.3 is 20.7 Å². The van der Waals surface area contributed by atoms with Crippen LogP contribution in [0.1, 0.15) is 10.4 Å². The smallest absolute Gasteiger partial charge is 0.255 e. The van der Waals surface area contributed by atoms with Crippen LogP contribution in [0, 0.1) is 0 Å². The Morgan fingerprint density at radius 3 is 2.55 bits per heavy atom. The highest BCUT2D eigenvalue weighted by atomic mass is 16.5. The van der Waals surface area contributed by atoms with Crippen molar-refractivity contribution in [2.24, 2.45) is 0 Å². The zero-order valence-electron chi connectivity index (χ0n) is 16.7. The van der Waals surface area contributed by atoms with Crippen molar-refractivity contribution in [3.63, 3.8) is 0 Å². The number of nitrogens with one attached hydrogen (secondary N) is 1. The number of amides is 1. The van der Waals surface area contributed by atoms with Crippen molar-refractivity contribution in [2.45, 2.75) is 0 Å². The van der Waals surface area contributed by atoms with E-state index in [9.17, 15) is 4.79 Å².